The molecule has 0 spiro atoms. The van der Waals surface area contributed by atoms with Gasteiger partial charge in [0.2, 0.25) is 11.8 Å². The van der Waals surface area contributed by atoms with E-state index in [0.717, 1.165) is 29.0 Å². The molecule has 2 rings (SSSR count). The molecule has 0 aliphatic rings. The van der Waals surface area contributed by atoms with Crippen LogP contribution in [0.5, 0.6) is 0 Å². The van der Waals surface area contributed by atoms with E-state index in [-0.39, 0.29) is 18.4 Å². The van der Waals surface area contributed by atoms with Crippen LogP contribution in [-0.4, -0.2) is 18.4 Å². The van der Waals surface area contributed by atoms with E-state index < -0.39 is 0 Å². The van der Waals surface area contributed by atoms with Crippen molar-refractivity contribution in [3.63, 3.8) is 0 Å². The van der Waals surface area contributed by atoms with Gasteiger partial charge in [-0.25, -0.2) is 0 Å². The fourth-order valence-electron chi connectivity index (χ4n) is 2.18. The van der Waals surface area contributed by atoms with Crippen LogP contribution < -0.4 is 16.0 Å². The number of amides is 2. The third-order valence-corrected chi connectivity index (χ3v) is 3.41. The highest BCUT2D eigenvalue weighted by molar-refractivity contribution is 5.94. The Morgan fingerprint density at radius 2 is 1.54 bits per heavy atom. The molecule has 0 atom stereocenters. The highest BCUT2D eigenvalue weighted by Gasteiger charge is 2.04. The molecular formula is C19H23N3O2. The van der Waals surface area contributed by atoms with Crippen LogP contribution in [0, 0.1) is 6.92 Å². The number of hydrogen-bond acceptors (Lipinski definition) is 3. The lowest BCUT2D eigenvalue weighted by atomic mass is 10.2. The SMILES string of the molecule is CCCC(=O)Nc1cccc(NCC(=O)Nc2ccc(C)cc2)c1. The number of anilines is 3. The first-order valence-corrected chi connectivity index (χ1v) is 8.07. The minimum Gasteiger partial charge on any atom is -0.376 e. The van der Waals surface area contributed by atoms with Gasteiger partial charge in [0.15, 0.2) is 0 Å². The first-order valence-electron chi connectivity index (χ1n) is 8.07. The van der Waals surface area contributed by atoms with Crippen molar-refractivity contribution in [2.24, 2.45) is 0 Å². The lowest BCUT2D eigenvalue weighted by Gasteiger charge is -2.10. The van der Waals surface area contributed by atoms with E-state index >= 15 is 0 Å². The monoisotopic (exact) mass is 325 g/mol. The van der Waals surface area contributed by atoms with Crippen molar-refractivity contribution >= 4 is 28.9 Å². The Kier molecular flexibility index (Phi) is 6.37. The summed E-state index contributed by atoms with van der Waals surface area (Å²) in [5.74, 6) is -0.133. The summed E-state index contributed by atoms with van der Waals surface area (Å²) in [5, 5.41) is 8.73. The average Bonchev–Trinajstić information content (AvgIpc) is 2.56. The second-order valence-electron chi connectivity index (χ2n) is 5.65. The molecule has 0 aliphatic heterocycles. The average molecular weight is 325 g/mol. The molecule has 0 saturated heterocycles. The highest BCUT2D eigenvalue weighted by atomic mass is 16.2. The predicted octanol–water partition coefficient (Wildman–Crippen LogP) is 3.78. The maximum Gasteiger partial charge on any atom is 0.243 e. The molecule has 0 bridgehead atoms. The van der Waals surface area contributed by atoms with Gasteiger partial charge < -0.3 is 16.0 Å². The van der Waals surface area contributed by atoms with E-state index in [1.165, 1.54) is 0 Å². The lowest BCUT2D eigenvalue weighted by molar-refractivity contribution is -0.116. The van der Waals surface area contributed by atoms with E-state index in [4.69, 9.17) is 0 Å². The number of hydrogen-bond donors (Lipinski definition) is 3. The van der Waals surface area contributed by atoms with Crippen molar-refractivity contribution in [3.05, 3.63) is 54.1 Å². The van der Waals surface area contributed by atoms with Gasteiger partial charge in [-0.2, -0.15) is 0 Å². The summed E-state index contributed by atoms with van der Waals surface area (Å²) in [6, 6.07) is 15.0. The maximum atomic E-state index is 12.0. The summed E-state index contributed by atoms with van der Waals surface area (Å²) in [4.78, 5) is 23.6. The normalized spacial score (nSPS) is 10.1. The zero-order valence-electron chi connectivity index (χ0n) is 14.1. The Morgan fingerprint density at radius 3 is 2.25 bits per heavy atom. The Bertz CT molecular complexity index is 696. The van der Waals surface area contributed by atoms with Crippen molar-refractivity contribution in [2.45, 2.75) is 26.7 Å². The van der Waals surface area contributed by atoms with Gasteiger partial charge in [0.1, 0.15) is 0 Å². The minimum absolute atomic E-state index is 0.00763. The van der Waals surface area contributed by atoms with Crippen LogP contribution in [0.15, 0.2) is 48.5 Å². The summed E-state index contributed by atoms with van der Waals surface area (Å²) >= 11 is 0. The van der Waals surface area contributed by atoms with Gasteiger partial charge in [0.05, 0.1) is 6.54 Å². The van der Waals surface area contributed by atoms with Gasteiger partial charge in [-0.1, -0.05) is 30.7 Å². The Morgan fingerprint density at radius 1 is 0.875 bits per heavy atom. The molecule has 24 heavy (non-hydrogen) atoms. The van der Waals surface area contributed by atoms with Crippen LogP contribution in [0.3, 0.4) is 0 Å². The Balaban J connectivity index is 1.86. The molecule has 0 radical (unpaired) electrons. The topological polar surface area (TPSA) is 70.2 Å². The van der Waals surface area contributed by atoms with Crippen LogP contribution in [0.1, 0.15) is 25.3 Å². The molecule has 0 aromatic heterocycles. The fourth-order valence-corrected chi connectivity index (χ4v) is 2.18. The number of benzene rings is 2. The molecule has 0 unspecified atom stereocenters. The van der Waals surface area contributed by atoms with Gasteiger partial charge in [0, 0.05) is 23.5 Å². The first kappa shape index (κ1) is 17.5. The lowest BCUT2D eigenvalue weighted by Crippen LogP contribution is -2.21. The molecule has 126 valence electrons. The standard InChI is InChI=1S/C19H23N3O2/c1-3-5-18(23)22-17-7-4-6-16(12-17)20-13-19(24)21-15-10-8-14(2)9-11-15/h4,6-12,20H,3,5,13H2,1-2H3,(H,21,24)(H,22,23). The maximum absolute atomic E-state index is 12.0. The van der Waals surface area contributed by atoms with Crippen LogP contribution >= 0.6 is 0 Å². The van der Waals surface area contributed by atoms with Gasteiger partial charge in [-0.3, -0.25) is 9.59 Å². The van der Waals surface area contributed by atoms with Crippen molar-refractivity contribution in [1.29, 1.82) is 0 Å². The highest BCUT2D eigenvalue weighted by Crippen LogP contribution is 2.15. The van der Waals surface area contributed by atoms with Gasteiger partial charge >= 0.3 is 0 Å². The quantitative estimate of drug-likeness (QED) is 0.725. The zero-order valence-corrected chi connectivity index (χ0v) is 14.1. The van der Waals surface area contributed by atoms with E-state index in [0.29, 0.717) is 6.42 Å². The van der Waals surface area contributed by atoms with Crippen LogP contribution in [0.4, 0.5) is 17.1 Å². The van der Waals surface area contributed by atoms with Crippen LogP contribution in [-0.2, 0) is 9.59 Å². The van der Waals surface area contributed by atoms with E-state index in [1.807, 2.05) is 62.4 Å². The van der Waals surface area contributed by atoms with Crippen molar-refractivity contribution in [1.82, 2.24) is 0 Å². The van der Waals surface area contributed by atoms with Crippen molar-refractivity contribution < 1.29 is 9.59 Å². The molecular weight excluding hydrogens is 302 g/mol. The second-order valence-corrected chi connectivity index (χ2v) is 5.65. The summed E-state index contributed by atoms with van der Waals surface area (Å²) < 4.78 is 0. The second kappa shape index (κ2) is 8.72. The van der Waals surface area contributed by atoms with Crippen molar-refractivity contribution in [3.8, 4) is 0 Å². The molecule has 5 heteroatoms. The Labute approximate surface area is 142 Å². The number of rotatable bonds is 7. The van der Waals surface area contributed by atoms with E-state index in [9.17, 15) is 9.59 Å². The van der Waals surface area contributed by atoms with Gasteiger partial charge in [-0.05, 0) is 43.7 Å². The number of carbonyl (C=O) groups is 2. The van der Waals surface area contributed by atoms with Gasteiger partial charge in [-0.15, -0.1) is 0 Å². The first-order chi connectivity index (χ1) is 11.6. The molecule has 5 nitrogen and oxygen atoms in total. The van der Waals surface area contributed by atoms with Gasteiger partial charge in [0.25, 0.3) is 0 Å². The summed E-state index contributed by atoms with van der Waals surface area (Å²) in [5.41, 5.74) is 3.42. The summed E-state index contributed by atoms with van der Waals surface area (Å²) in [7, 11) is 0. The van der Waals surface area contributed by atoms with E-state index in [1.54, 1.807) is 0 Å². The van der Waals surface area contributed by atoms with Crippen LogP contribution in [0.25, 0.3) is 0 Å². The third kappa shape index (κ3) is 5.76. The molecule has 2 aromatic carbocycles. The predicted molar refractivity (Wildman–Crippen MR) is 98.3 cm³/mol. The van der Waals surface area contributed by atoms with E-state index in [2.05, 4.69) is 16.0 Å². The number of nitrogens with one attached hydrogen (secondary N) is 3. The largest absolute Gasteiger partial charge is 0.376 e. The zero-order chi connectivity index (χ0) is 17.4. The minimum atomic E-state index is -0.126. The summed E-state index contributed by atoms with van der Waals surface area (Å²) in [6.45, 7) is 4.11. The summed E-state index contributed by atoms with van der Waals surface area (Å²) in [6.07, 6.45) is 1.31. The molecule has 3 N–H and O–H groups in total. The number of aryl methyl sites for hydroxylation is 1. The van der Waals surface area contributed by atoms with Crippen LogP contribution in [0.2, 0.25) is 0 Å². The third-order valence-electron chi connectivity index (χ3n) is 3.41. The smallest absolute Gasteiger partial charge is 0.243 e. The molecule has 0 heterocycles. The Hall–Kier alpha value is -2.82. The van der Waals surface area contributed by atoms with Crippen molar-refractivity contribution in [2.75, 3.05) is 22.5 Å². The molecule has 2 amide bonds. The molecule has 2 aromatic rings. The fraction of sp³-hybridized carbons (Fsp3) is 0.263. The molecule has 0 saturated carbocycles. The molecule has 0 fully saturated rings. The number of carbonyl (C=O) groups excluding carboxylic acids is 2. The molecule has 0 aliphatic carbocycles.